The second-order valence-corrected chi connectivity index (χ2v) is 5.61. The fourth-order valence-electron chi connectivity index (χ4n) is 3.19. The van der Waals surface area contributed by atoms with E-state index >= 15 is 0 Å². The Morgan fingerprint density at radius 1 is 1.35 bits per heavy atom. The summed E-state index contributed by atoms with van der Waals surface area (Å²) < 4.78 is 18.6. The number of fused-ring (bicyclic) bond motifs is 1. The number of likely N-dealkylation sites (tertiary alicyclic amines) is 1. The first-order valence-corrected chi connectivity index (χ1v) is 6.93. The smallest absolute Gasteiger partial charge is 0.410 e. The van der Waals surface area contributed by atoms with Crippen LogP contribution in [-0.2, 0) is 11.3 Å². The molecule has 4 atom stereocenters. The molecular formula is C15H18FNO3. The maximum atomic E-state index is 13.4. The van der Waals surface area contributed by atoms with Gasteiger partial charge in [0.25, 0.3) is 0 Å². The van der Waals surface area contributed by atoms with Gasteiger partial charge < -0.3 is 14.7 Å². The Kier molecular flexibility index (Phi) is 3.61. The van der Waals surface area contributed by atoms with Crippen LogP contribution in [0.15, 0.2) is 30.3 Å². The summed E-state index contributed by atoms with van der Waals surface area (Å²) in [5, 5.41) is 9.72. The van der Waals surface area contributed by atoms with E-state index in [2.05, 4.69) is 0 Å². The molecule has 1 heterocycles. The Morgan fingerprint density at radius 2 is 2.10 bits per heavy atom. The Labute approximate surface area is 117 Å². The van der Waals surface area contributed by atoms with Gasteiger partial charge in [-0.25, -0.2) is 9.18 Å². The van der Waals surface area contributed by atoms with E-state index in [1.165, 1.54) is 0 Å². The zero-order chi connectivity index (χ0) is 14.1. The van der Waals surface area contributed by atoms with Crippen molar-refractivity contribution in [3.8, 4) is 0 Å². The van der Waals surface area contributed by atoms with Gasteiger partial charge in [0.2, 0.25) is 0 Å². The molecule has 1 amide bonds. The number of carbonyl (C=O) groups is 1. The van der Waals surface area contributed by atoms with Gasteiger partial charge in [0.1, 0.15) is 12.8 Å². The lowest BCUT2D eigenvalue weighted by molar-refractivity contribution is 0.0588. The van der Waals surface area contributed by atoms with E-state index in [0.29, 0.717) is 19.5 Å². The molecule has 5 heteroatoms. The molecule has 1 aromatic carbocycles. The number of ether oxygens (including phenoxy) is 1. The van der Waals surface area contributed by atoms with E-state index in [-0.39, 0.29) is 24.5 Å². The molecule has 1 N–H and O–H groups in total. The molecule has 1 aliphatic heterocycles. The van der Waals surface area contributed by atoms with E-state index in [1.54, 1.807) is 4.90 Å². The highest BCUT2D eigenvalue weighted by Gasteiger charge is 2.49. The summed E-state index contributed by atoms with van der Waals surface area (Å²) in [4.78, 5) is 13.5. The zero-order valence-electron chi connectivity index (χ0n) is 11.1. The number of amides is 1. The van der Waals surface area contributed by atoms with Crippen LogP contribution in [0, 0.1) is 11.8 Å². The van der Waals surface area contributed by atoms with Crippen LogP contribution in [0.2, 0.25) is 0 Å². The van der Waals surface area contributed by atoms with Crippen molar-refractivity contribution in [3.05, 3.63) is 35.9 Å². The fourth-order valence-corrected chi connectivity index (χ4v) is 3.19. The second-order valence-electron chi connectivity index (χ2n) is 5.61. The molecule has 4 nitrogen and oxygen atoms in total. The Hall–Kier alpha value is -1.62. The van der Waals surface area contributed by atoms with E-state index in [9.17, 15) is 14.3 Å². The zero-order valence-corrected chi connectivity index (χ0v) is 11.1. The van der Waals surface area contributed by atoms with E-state index < -0.39 is 12.3 Å². The standard InChI is InChI=1S/C15H18FNO3/c16-13-6-11-7-17(8-12(11)14(13)18)15(19)20-9-10-4-2-1-3-5-10/h1-5,11-14,18H,6-9H2/t11-,12+,13+,14+/m0/s1. The Bertz CT molecular complexity index is 481. The molecule has 2 fully saturated rings. The highest BCUT2D eigenvalue weighted by Crippen LogP contribution is 2.39. The van der Waals surface area contributed by atoms with Gasteiger partial charge in [-0.2, -0.15) is 0 Å². The Balaban J connectivity index is 1.53. The fraction of sp³-hybridized carbons (Fsp3) is 0.533. The summed E-state index contributed by atoms with van der Waals surface area (Å²) in [5.74, 6) is -0.0847. The quantitative estimate of drug-likeness (QED) is 0.900. The average molecular weight is 279 g/mol. The molecule has 108 valence electrons. The molecular weight excluding hydrogens is 261 g/mol. The number of benzene rings is 1. The molecule has 0 aromatic heterocycles. The summed E-state index contributed by atoms with van der Waals surface area (Å²) in [5.41, 5.74) is 0.934. The van der Waals surface area contributed by atoms with Crippen LogP contribution in [0.1, 0.15) is 12.0 Å². The van der Waals surface area contributed by atoms with Gasteiger partial charge in [0.05, 0.1) is 6.10 Å². The van der Waals surface area contributed by atoms with Crippen LogP contribution in [0.5, 0.6) is 0 Å². The highest BCUT2D eigenvalue weighted by molar-refractivity contribution is 5.68. The Morgan fingerprint density at radius 3 is 2.80 bits per heavy atom. The van der Waals surface area contributed by atoms with Crippen molar-refractivity contribution in [2.24, 2.45) is 11.8 Å². The third-order valence-corrected chi connectivity index (χ3v) is 4.29. The van der Waals surface area contributed by atoms with Gasteiger partial charge in [-0.15, -0.1) is 0 Å². The number of carbonyl (C=O) groups excluding carboxylic acids is 1. The van der Waals surface area contributed by atoms with Crippen LogP contribution < -0.4 is 0 Å². The highest BCUT2D eigenvalue weighted by atomic mass is 19.1. The number of aliphatic hydroxyl groups excluding tert-OH is 1. The minimum atomic E-state index is -1.15. The maximum Gasteiger partial charge on any atom is 0.410 e. The summed E-state index contributed by atoms with van der Waals surface area (Å²) >= 11 is 0. The number of hydrogen-bond donors (Lipinski definition) is 1. The van der Waals surface area contributed by atoms with Gasteiger partial charge in [-0.1, -0.05) is 30.3 Å². The van der Waals surface area contributed by atoms with E-state index in [0.717, 1.165) is 5.56 Å². The summed E-state index contributed by atoms with van der Waals surface area (Å²) in [7, 11) is 0. The topological polar surface area (TPSA) is 49.8 Å². The molecule has 0 spiro atoms. The van der Waals surface area contributed by atoms with Crippen LogP contribution >= 0.6 is 0 Å². The largest absolute Gasteiger partial charge is 0.445 e. The lowest BCUT2D eigenvalue weighted by Crippen LogP contribution is -2.33. The first-order chi connectivity index (χ1) is 9.65. The van der Waals surface area contributed by atoms with Gasteiger partial charge in [0.15, 0.2) is 0 Å². The molecule has 1 saturated heterocycles. The van der Waals surface area contributed by atoms with Crippen molar-refractivity contribution in [1.29, 1.82) is 0 Å². The predicted octanol–water partition coefficient (Wildman–Crippen LogP) is 1.97. The van der Waals surface area contributed by atoms with Crippen LogP contribution in [0.3, 0.4) is 0 Å². The third-order valence-electron chi connectivity index (χ3n) is 4.29. The number of halogens is 1. The maximum absolute atomic E-state index is 13.4. The third kappa shape index (κ3) is 2.50. The first kappa shape index (κ1) is 13.4. The summed E-state index contributed by atoms with van der Waals surface area (Å²) in [6.07, 6.45) is -2.13. The molecule has 20 heavy (non-hydrogen) atoms. The van der Waals surface area contributed by atoms with Crippen molar-refractivity contribution in [2.75, 3.05) is 13.1 Å². The predicted molar refractivity (Wildman–Crippen MR) is 70.7 cm³/mol. The number of aliphatic hydroxyl groups is 1. The number of hydrogen-bond acceptors (Lipinski definition) is 3. The van der Waals surface area contributed by atoms with Crippen LogP contribution in [0.25, 0.3) is 0 Å². The lowest BCUT2D eigenvalue weighted by atomic mass is 10.00. The van der Waals surface area contributed by atoms with Crippen molar-refractivity contribution >= 4 is 6.09 Å². The van der Waals surface area contributed by atoms with Gasteiger partial charge in [-0.05, 0) is 17.9 Å². The van der Waals surface area contributed by atoms with Crippen molar-refractivity contribution in [2.45, 2.75) is 25.3 Å². The van der Waals surface area contributed by atoms with E-state index in [1.807, 2.05) is 30.3 Å². The summed E-state index contributed by atoms with van der Waals surface area (Å²) in [6.45, 7) is 1.11. The van der Waals surface area contributed by atoms with Gasteiger partial charge in [-0.3, -0.25) is 0 Å². The second kappa shape index (κ2) is 5.40. The molecule has 3 rings (SSSR count). The normalized spacial score (nSPS) is 32.2. The molecule has 1 aliphatic carbocycles. The van der Waals surface area contributed by atoms with Crippen LogP contribution in [0.4, 0.5) is 9.18 Å². The minimum absolute atomic E-state index is 0.0595. The molecule has 0 unspecified atom stereocenters. The number of nitrogens with zero attached hydrogens (tertiary/aromatic N) is 1. The average Bonchev–Trinajstić information content (AvgIpc) is 2.98. The minimum Gasteiger partial charge on any atom is -0.445 e. The summed E-state index contributed by atoms with van der Waals surface area (Å²) in [6, 6.07) is 9.47. The van der Waals surface area contributed by atoms with Gasteiger partial charge in [0, 0.05) is 19.0 Å². The van der Waals surface area contributed by atoms with Crippen molar-refractivity contribution in [3.63, 3.8) is 0 Å². The SMILES string of the molecule is O=C(OCc1ccccc1)N1C[C@@H]2C[C@@H](F)[C@H](O)[C@@H]2C1. The van der Waals surface area contributed by atoms with Crippen LogP contribution in [-0.4, -0.2) is 41.5 Å². The number of alkyl halides is 1. The monoisotopic (exact) mass is 279 g/mol. The van der Waals surface area contributed by atoms with Gasteiger partial charge >= 0.3 is 6.09 Å². The first-order valence-electron chi connectivity index (χ1n) is 6.93. The molecule has 0 radical (unpaired) electrons. The molecule has 0 bridgehead atoms. The molecule has 2 aliphatic rings. The molecule has 1 saturated carbocycles. The molecule has 1 aromatic rings. The lowest BCUT2D eigenvalue weighted by Gasteiger charge is -2.19. The van der Waals surface area contributed by atoms with E-state index in [4.69, 9.17) is 4.74 Å². The number of rotatable bonds is 2. The van der Waals surface area contributed by atoms with Crippen molar-refractivity contribution in [1.82, 2.24) is 4.90 Å². The van der Waals surface area contributed by atoms with Crippen molar-refractivity contribution < 1.29 is 19.0 Å².